The molecule has 0 aromatic rings. The fourth-order valence-electron chi connectivity index (χ4n) is 3.35. The Labute approximate surface area is 156 Å². The molecule has 3 nitrogen and oxygen atoms in total. The molecule has 146 valence electrons. The summed E-state index contributed by atoms with van der Waals surface area (Å²) in [5.74, 6) is 1.10. The van der Waals surface area contributed by atoms with E-state index in [4.69, 9.17) is 5.73 Å². The van der Waals surface area contributed by atoms with E-state index in [0.717, 1.165) is 18.8 Å². The molecule has 25 heavy (non-hydrogen) atoms. The second kappa shape index (κ2) is 15.4. The van der Waals surface area contributed by atoms with E-state index in [1.807, 2.05) is 6.92 Å². The summed E-state index contributed by atoms with van der Waals surface area (Å²) >= 11 is 0. The number of aliphatic imine (C=N–C) groups is 1. The van der Waals surface area contributed by atoms with Gasteiger partial charge >= 0.3 is 0 Å². The van der Waals surface area contributed by atoms with E-state index in [0.29, 0.717) is 6.04 Å². The zero-order valence-electron chi connectivity index (χ0n) is 16.9. The van der Waals surface area contributed by atoms with Crippen LogP contribution in [0.4, 0.5) is 0 Å². The summed E-state index contributed by atoms with van der Waals surface area (Å²) in [5.41, 5.74) is 5.89. The van der Waals surface area contributed by atoms with Crippen LogP contribution in [-0.4, -0.2) is 24.5 Å². The lowest BCUT2D eigenvalue weighted by molar-refractivity contribution is 0.545. The lowest BCUT2D eigenvalue weighted by Gasteiger charge is -2.14. The Hall–Kier alpha value is -0.830. The van der Waals surface area contributed by atoms with Gasteiger partial charge < -0.3 is 11.1 Å². The summed E-state index contributed by atoms with van der Waals surface area (Å²) < 4.78 is 0. The van der Waals surface area contributed by atoms with Gasteiger partial charge in [0.2, 0.25) is 0 Å². The molecule has 0 bridgehead atoms. The maximum atomic E-state index is 5.89. The predicted molar refractivity (Wildman–Crippen MR) is 112 cm³/mol. The molecular weight excluding hydrogens is 306 g/mol. The van der Waals surface area contributed by atoms with Crippen LogP contribution in [0.25, 0.3) is 0 Å². The van der Waals surface area contributed by atoms with Crippen molar-refractivity contribution in [3.63, 3.8) is 0 Å². The normalized spacial score (nSPS) is 18.5. The molecule has 2 unspecified atom stereocenters. The number of nitrogens with zero attached hydrogens (tertiary/aromatic N) is 1. The molecule has 0 aromatic heterocycles. The molecule has 0 amide bonds. The first-order chi connectivity index (χ1) is 12.2. The number of allylic oxidation sites excluding steroid dienone is 1. The van der Waals surface area contributed by atoms with Gasteiger partial charge in [-0.25, -0.2) is 0 Å². The Morgan fingerprint density at radius 1 is 0.960 bits per heavy atom. The van der Waals surface area contributed by atoms with E-state index >= 15 is 0 Å². The standard InChI is InChI=1S/C22H43N3/c1-3-4-5-6-7-8-9-10-11-12-13-14-15-16-17-18-22-24-19-21(25-22)20(2)23/h16-17,20-21H,3-15,18-19,23H2,1-2H3,(H,24,25). The van der Waals surface area contributed by atoms with Crippen LogP contribution in [0.15, 0.2) is 17.1 Å². The Balaban J connectivity index is 1.80. The summed E-state index contributed by atoms with van der Waals surface area (Å²) in [5, 5.41) is 3.41. The van der Waals surface area contributed by atoms with E-state index < -0.39 is 0 Å². The van der Waals surface area contributed by atoms with Gasteiger partial charge in [0.1, 0.15) is 5.84 Å². The van der Waals surface area contributed by atoms with Gasteiger partial charge in [0.15, 0.2) is 0 Å². The highest BCUT2D eigenvalue weighted by atomic mass is 15.1. The smallest absolute Gasteiger partial charge is 0.101 e. The number of nitrogens with one attached hydrogen (secondary N) is 1. The topological polar surface area (TPSA) is 50.4 Å². The Kier molecular flexibility index (Phi) is 13.7. The number of unbranched alkanes of at least 4 members (excludes halogenated alkanes) is 12. The highest BCUT2D eigenvalue weighted by molar-refractivity contribution is 5.85. The second-order valence-corrected chi connectivity index (χ2v) is 7.75. The van der Waals surface area contributed by atoms with Crippen LogP contribution in [-0.2, 0) is 0 Å². The third kappa shape index (κ3) is 12.2. The molecule has 0 radical (unpaired) electrons. The lowest BCUT2D eigenvalue weighted by atomic mass is 10.0. The van der Waals surface area contributed by atoms with E-state index in [-0.39, 0.29) is 6.04 Å². The quantitative estimate of drug-likeness (QED) is 0.276. The highest BCUT2D eigenvalue weighted by Crippen LogP contribution is 2.12. The molecule has 1 aliphatic heterocycles. The molecule has 2 atom stereocenters. The SMILES string of the molecule is CCCCCCCCCCCCCCC=CCC1=NCC(C(C)N)N1. The number of rotatable bonds is 16. The third-order valence-corrected chi connectivity index (χ3v) is 5.17. The fourth-order valence-corrected chi connectivity index (χ4v) is 3.35. The van der Waals surface area contributed by atoms with E-state index in [1.165, 1.54) is 83.5 Å². The summed E-state index contributed by atoms with van der Waals surface area (Å²) in [7, 11) is 0. The van der Waals surface area contributed by atoms with Crippen LogP contribution < -0.4 is 11.1 Å². The van der Waals surface area contributed by atoms with Gasteiger partial charge in [0.05, 0.1) is 12.6 Å². The Bertz CT molecular complexity index is 360. The molecule has 0 saturated carbocycles. The number of amidine groups is 1. The van der Waals surface area contributed by atoms with E-state index in [9.17, 15) is 0 Å². The van der Waals surface area contributed by atoms with Crippen molar-refractivity contribution in [3.05, 3.63) is 12.2 Å². The third-order valence-electron chi connectivity index (χ3n) is 5.17. The van der Waals surface area contributed by atoms with Crippen LogP contribution in [0, 0.1) is 0 Å². The molecule has 1 heterocycles. The molecule has 1 aliphatic rings. The van der Waals surface area contributed by atoms with Gasteiger partial charge in [0.25, 0.3) is 0 Å². The van der Waals surface area contributed by atoms with Gasteiger partial charge in [-0.1, -0.05) is 89.7 Å². The molecule has 0 spiro atoms. The molecule has 0 aliphatic carbocycles. The molecule has 3 heteroatoms. The molecule has 1 rings (SSSR count). The summed E-state index contributed by atoms with van der Waals surface area (Å²) in [4.78, 5) is 4.52. The van der Waals surface area contributed by atoms with Crippen molar-refractivity contribution in [2.75, 3.05) is 6.54 Å². The Morgan fingerprint density at radius 2 is 1.52 bits per heavy atom. The van der Waals surface area contributed by atoms with Gasteiger partial charge in [-0.2, -0.15) is 0 Å². The maximum absolute atomic E-state index is 5.89. The molecule has 0 fully saturated rings. The van der Waals surface area contributed by atoms with Crippen molar-refractivity contribution in [3.8, 4) is 0 Å². The first kappa shape index (κ1) is 22.2. The largest absolute Gasteiger partial charge is 0.367 e. The van der Waals surface area contributed by atoms with Gasteiger partial charge in [-0.15, -0.1) is 0 Å². The molecule has 0 aromatic carbocycles. The summed E-state index contributed by atoms with van der Waals surface area (Å²) in [6, 6.07) is 0.506. The second-order valence-electron chi connectivity index (χ2n) is 7.75. The van der Waals surface area contributed by atoms with Crippen LogP contribution in [0.2, 0.25) is 0 Å². The molecule has 3 N–H and O–H groups in total. The lowest BCUT2D eigenvalue weighted by Crippen LogP contribution is -2.43. The fraction of sp³-hybridized carbons (Fsp3) is 0.864. The first-order valence-electron chi connectivity index (χ1n) is 10.9. The van der Waals surface area contributed by atoms with Crippen molar-refractivity contribution < 1.29 is 0 Å². The van der Waals surface area contributed by atoms with Crippen molar-refractivity contribution >= 4 is 5.84 Å². The van der Waals surface area contributed by atoms with Crippen molar-refractivity contribution in [2.45, 2.75) is 116 Å². The molecule has 0 saturated heterocycles. The van der Waals surface area contributed by atoms with Crippen molar-refractivity contribution in [1.29, 1.82) is 0 Å². The van der Waals surface area contributed by atoms with Crippen molar-refractivity contribution in [2.24, 2.45) is 10.7 Å². The minimum absolute atomic E-state index is 0.172. The van der Waals surface area contributed by atoms with Crippen LogP contribution >= 0.6 is 0 Å². The minimum Gasteiger partial charge on any atom is -0.367 e. The minimum atomic E-state index is 0.172. The average Bonchev–Trinajstić information content (AvgIpc) is 3.07. The van der Waals surface area contributed by atoms with Crippen LogP contribution in [0.5, 0.6) is 0 Å². The number of hydrogen-bond acceptors (Lipinski definition) is 3. The highest BCUT2D eigenvalue weighted by Gasteiger charge is 2.19. The van der Waals surface area contributed by atoms with Crippen LogP contribution in [0.1, 0.15) is 104 Å². The molecular formula is C22H43N3. The Morgan fingerprint density at radius 3 is 2.04 bits per heavy atom. The van der Waals surface area contributed by atoms with E-state index in [2.05, 4.69) is 29.4 Å². The number of hydrogen-bond donors (Lipinski definition) is 2. The first-order valence-corrected chi connectivity index (χ1v) is 10.9. The monoisotopic (exact) mass is 349 g/mol. The predicted octanol–water partition coefficient (Wildman–Crippen LogP) is 5.74. The van der Waals surface area contributed by atoms with Gasteiger partial charge in [-0.05, 0) is 19.8 Å². The zero-order valence-corrected chi connectivity index (χ0v) is 16.9. The summed E-state index contributed by atoms with van der Waals surface area (Å²) in [6.07, 6.45) is 23.7. The van der Waals surface area contributed by atoms with Gasteiger partial charge in [0, 0.05) is 12.5 Å². The van der Waals surface area contributed by atoms with Crippen molar-refractivity contribution in [1.82, 2.24) is 5.32 Å². The van der Waals surface area contributed by atoms with Crippen LogP contribution in [0.3, 0.4) is 0 Å². The zero-order chi connectivity index (χ0) is 18.2. The maximum Gasteiger partial charge on any atom is 0.101 e. The van der Waals surface area contributed by atoms with Gasteiger partial charge in [-0.3, -0.25) is 4.99 Å². The van der Waals surface area contributed by atoms with E-state index in [1.54, 1.807) is 0 Å². The summed E-state index contributed by atoms with van der Waals surface area (Å²) in [6.45, 7) is 5.16. The average molecular weight is 350 g/mol. The number of nitrogens with two attached hydrogens (primary N) is 1.